The number of hydrogen-bond acceptors (Lipinski definition) is 5. The minimum absolute atomic E-state index is 0.000255. The van der Waals surface area contributed by atoms with E-state index in [0.29, 0.717) is 19.6 Å². The molecule has 2 aliphatic rings. The van der Waals surface area contributed by atoms with Gasteiger partial charge in [0.15, 0.2) is 0 Å². The molecule has 2 aliphatic carbocycles. The van der Waals surface area contributed by atoms with Crippen LogP contribution in [0.4, 0.5) is 0 Å². The van der Waals surface area contributed by atoms with Gasteiger partial charge in [-0.1, -0.05) is 26.8 Å². The molecule has 7 atom stereocenters. The summed E-state index contributed by atoms with van der Waals surface area (Å²) in [5.74, 6) is -0.105. The maximum absolute atomic E-state index is 13.2. The van der Waals surface area contributed by atoms with Crippen molar-refractivity contribution in [1.82, 2.24) is 15.2 Å². The van der Waals surface area contributed by atoms with Crippen LogP contribution in [0.15, 0.2) is 24.5 Å². The van der Waals surface area contributed by atoms with E-state index in [4.69, 9.17) is 4.74 Å². The van der Waals surface area contributed by atoms with Crippen molar-refractivity contribution in [3.63, 3.8) is 0 Å². The molecule has 1 aromatic rings. The lowest BCUT2D eigenvalue weighted by atomic mass is 9.51. The fourth-order valence-electron chi connectivity index (χ4n) is 6.35. The second-order valence-electron chi connectivity index (χ2n) is 10.5. The number of ether oxygens (including phenoxy) is 1. The average Bonchev–Trinajstić information content (AvgIpc) is 2.79. The highest BCUT2D eigenvalue weighted by molar-refractivity contribution is 5.78. The first kappa shape index (κ1) is 25.6. The number of fused-ring (bicyclic) bond motifs is 1. The molecule has 184 valence electrons. The van der Waals surface area contributed by atoms with E-state index in [9.17, 15) is 14.7 Å². The summed E-state index contributed by atoms with van der Waals surface area (Å²) in [5, 5.41) is 14.7. The van der Waals surface area contributed by atoms with E-state index in [-0.39, 0.29) is 46.9 Å². The lowest BCUT2D eigenvalue weighted by molar-refractivity contribution is -0.150. The number of aliphatic hydroxyl groups excluding tert-OH is 1. The Morgan fingerprint density at radius 3 is 2.76 bits per heavy atom. The van der Waals surface area contributed by atoms with Crippen molar-refractivity contribution in [3.8, 4) is 0 Å². The van der Waals surface area contributed by atoms with Gasteiger partial charge in [0.2, 0.25) is 11.8 Å². The normalized spacial score (nSPS) is 32.5. The number of aliphatic hydroxyl groups is 1. The first-order chi connectivity index (χ1) is 15.7. The molecule has 3 rings (SSSR count). The van der Waals surface area contributed by atoms with Crippen molar-refractivity contribution in [2.45, 2.75) is 71.6 Å². The smallest absolute Gasteiger partial charge is 0.225 e. The number of carbonyl (C=O) groups is 2. The number of aromatic nitrogens is 1. The van der Waals surface area contributed by atoms with Gasteiger partial charge in [-0.05, 0) is 60.5 Å². The highest BCUT2D eigenvalue weighted by Gasteiger charge is 2.54. The minimum Gasteiger partial charge on any atom is -0.392 e. The van der Waals surface area contributed by atoms with E-state index in [1.807, 2.05) is 26.1 Å². The third-order valence-electron chi connectivity index (χ3n) is 8.32. The monoisotopic (exact) mass is 459 g/mol. The average molecular weight is 460 g/mol. The zero-order valence-electron chi connectivity index (χ0n) is 20.8. The Morgan fingerprint density at radius 2 is 2.09 bits per heavy atom. The summed E-state index contributed by atoms with van der Waals surface area (Å²) in [4.78, 5) is 31.4. The Labute approximate surface area is 198 Å². The SMILES string of the molecule is COCCC(=O)N[C@H]1CC[C@@]2(C)CC[C@H]([C@H](C)C(=O)N(C)Cc3cccnc3)[C@H](O)[C@H]2[C@H]1C. The molecule has 1 aromatic heterocycles. The maximum Gasteiger partial charge on any atom is 0.225 e. The summed E-state index contributed by atoms with van der Waals surface area (Å²) in [7, 11) is 3.41. The maximum atomic E-state index is 13.2. The molecule has 0 aliphatic heterocycles. The van der Waals surface area contributed by atoms with Crippen LogP contribution >= 0.6 is 0 Å². The van der Waals surface area contributed by atoms with Gasteiger partial charge >= 0.3 is 0 Å². The number of amides is 2. The van der Waals surface area contributed by atoms with Crippen LogP contribution in [-0.4, -0.2) is 59.7 Å². The van der Waals surface area contributed by atoms with Gasteiger partial charge in [-0.25, -0.2) is 0 Å². The van der Waals surface area contributed by atoms with Gasteiger partial charge in [-0.15, -0.1) is 0 Å². The van der Waals surface area contributed by atoms with Crippen molar-refractivity contribution >= 4 is 11.8 Å². The molecule has 0 unspecified atom stereocenters. The second-order valence-corrected chi connectivity index (χ2v) is 10.5. The molecule has 2 saturated carbocycles. The number of rotatable bonds is 8. The van der Waals surface area contributed by atoms with E-state index in [0.717, 1.165) is 31.2 Å². The van der Waals surface area contributed by atoms with E-state index in [1.165, 1.54) is 0 Å². The third kappa shape index (κ3) is 5.75. The van der Waals surface area contributed by atoms with E-state index < -0.39 is 6.10 Å². The summed E-state index contributed by atoms with van der Waals surface area (Å²) in [6.45, 7) is 7.29. The molecule has 1 heterocycles. The molecule has 33 heavy (non-hydrogen) atoms. The zero-order valence-corrected chi connectivity index (χ0v) is 20.8. The number of carbonyl (C=O) groups excluding carboxylic acids is 2. The van der Waals surface area contributed by atoms with Crippen LogP contribution < -0.4 is 5.32 Å². The van der Waals surface area contributed by atoms with Gasteiger partial charge in [-0.3, -0.25) is 14.6 Å². The van der Waals surface area contributed by atoms with Crippen LogP contribution in [0, 0.1) is 29.1 Å². The summed E-state index contributed by atoms with van der Waals surface area (Å²) >= 11 is 0. The Balaban J connectivity index is 1.68. The lowest BCUT2D eigenvalue weighted by Gasteiger charge is -2.56. The fourth-order valence-corrected chi connectivity index (χ4v) is 6.35. The molecule has 0 aromatic carbocycles. The molecular weight excluding hydrogens is 418 g/mol. The quantitative estimate of drug-likeness (QED) is 0.624. The molecular formula is C26H41N3O4. The van der Waals surface area contributed by atoms with Gasteiger partial charge in [-0.2, -0.15) is 0 Å². The summed E-state index contributed by atoms with van der Waals surface area (Å²) in [6, 6.07) is 3.88. The topological polar surface area (TPSA) is 91.8 Å². The Kier molecular flexibility index (Phi) is 8.51. The minimum atomic E-state index is -0.567. The number of pyridine rings is 1. The number of methoxy groups -OCH3 is 1. The molecule has 2 amide bonds. The molecule has 2 fully saturated rings. The predicted octanol–water partition coefficient (Wildman–Crippen LogP) is 3.02. The van der Waals surface area contributed by atoms with Gasteiger partial charge in [0, 0.05) is 51.5 Å². The zero-order chi connectivity index (χ0) is 24.2. The second kappa shape index (κ2) is 11.0. The molecule has 7 nitrogen and oxygen atoms in total. The Bertz CT molecular complexity index is 804. The molecule has 0 saturated heterocycles. The van der Waals surface area contributed by atoms with Gasteiger partial charge in [0.05, 0.1) is 12.7 Å². The van der Waals surface area contributed by atoms with E-state index in [1.54, 1.807) is 24.4 Å². The summed E-state index contributed by atoms with van der Waals surface area (Å²) in [6.07, 6.45) is 7.03. The molecule has 0 radical (unpaired) electrons. The van der Waals surface area contributed by atoms with Crippen molar-refractivity contribution in [2.75, 3.05) is 20.8 Å². The van der Waals surface area contributed by atoms with Crippen LogP contribution in [0.5, 0.6) is 0 Å². The largest absolute Gasteiger partial charge is 0.392 e. The third-order valence-corrected chi connectivity index (χ3v) is 8.32. The van der Waals surface area contributed by atoms with Crippen LogP contribution in [0.3, 0.4) is 0 Å². The molecule has 7 heteroatoms. The fraction of sp³-hybridized carbons (Fsp3) is 0.731. The van der Waals surface area contributed by atoms with Crippen molar-refractivity contribution < 1.29 is 19.4 Å². The van der Waals surface area contributed by atoms with Crippen molar-refractivity contribution in [2.24, 2.45) is 29.1 Å². The van der Waals surface area contributed by atoms with E-state index >= 15 is 0 Å². The van der Waals surface area contributed by atoms with Crippen LogP contribution in [0.1, 0.15) is 58.4 Å². The van der Waals surface area contributed by atoms with Crippen molar-refractivity contribution in [1.29, 1.82) is 0 Å². The first-order valence-electron chi connectivity index (χ1n) is 12.3. The Hall–Kier alpha value is -1.99. The van der Waals surface area contributed by atoms with Crippen LogP contribution in [0.25, 0.3) is 0 Å². The molecule has 0 bridgehead atoms. The first-order valence-corrected chi connectivity index (χ1v) is 12.3. The molecule has 2 N–H and O–H groups in total. The van der Waals surface area contributed by atoms with Crippen molar-refractivity contribution in [3.05, 3.63) is 30.1 Å². The van der Waals surface area contributed by atoms with Crippen LogP contribution in [-0.2, 0) is 20.9 Å². The number of nitrogens with one attached hydrogen (secondary N) is 1. The van der Waals surface area contributed by atoms with Crippen LogP contribution in [0.2, 0.25) is 0 Å². The van der Waals surface area contributed by atoms with E-state index in [2.05, 4.69) is 24.1 Å². The summed E-state index contributed by atoms with van der Waals surface area (Å²) < 4.78 is 5.03. The standard InChI is InChI=1S/C26H41N3O4/c1-17(25(32)29(4)16-19-7-6-13-27-15-19)20-8-11-26(3)12-9-21(18(2)23(26)24(20)31)28-22(30)10-14-33-5/h6-7,13,15,17-18,20-21,23-24,31H,8-12,14,16H2,1-5H3,(H,28,30)/t17-,18-,20+,21-,23+,24-,26+/m0/s1. The van der Waals surface area contributed by atoms with Gasteiger partial charge < -0.3 is 20.1 Å². The summed E-state index contributed by atoms with van der Waals surface area (Å²) in [5.41, 5.74) is 1.03. The highest BCUT2D eigenvalue weighted by atomic mass is 16.5. The Morgan fingerprint density at radius 1 is 1.36 bits per heavy atom. The van der Waals surface area contributed by atoms with Gasteiger partial charge in [0.1, 0.15) is 0 Å². The highest BCUT2D eigenvalue weighted by Crippen LogP contribution is 2.55. The number of hydrogen-bond donors (Lipinski definition) is 2. The number of nitrogens with zero attached hydrogens (tertiary/aromatic N) is 2. The molecule has 0 spiro atoms. The lowest BCUT2D eigenvalue weighted by Crippen LogP contribution is -2.58. The van der Waals surface area contributed by atoms with Gasteiger partial charge in [0.25, 0.3) is 0 Å². The predicted molar refractivity (Wildman–Crippen MR) is 127 cm³/mol.